The van der Waals surface area contributed by atoms with E-state index in [0.717, 1.165) is 16.6 Å². The molecule has 2 aromatic rings. The molecule has 17 heavy (non-hydrogen) atoms. The van der Waals surface area contributed by atoms with Crippen LogP contribution in [0, 0.1) is 0 Å². The predicted octanol–water partition coefficient (Wildman–Crippen LogP) is 3.76. The van der Waals surface area contributed by atoms with Crippen LogP contribution >= 0.6 is 27.3 Å². The smallest absolute Gasteiger partial charge is 0.119 e. The topological polar surface area (TPSA) is 35.2 Å². The summed E-state index contributed by atoms with van der Waals surface area (Å²) in [5.74, 6) is 0.875. The van der Waals surface area contributed by atoms with Gasteiger partial charge in [-0.1, -0.05) is 12.1 Å². The highest BCUT2D eigenvalue weighted by Crippen LogP contribution is 2.30. The van der Waals surface area contributed by atoms with E-state index in [9.17, 15) is 0 Å². The van der Waals surface area contributed by atoms with Crippen LogP contribution in [0.5, 0.6) is 5.75 Å². The summed E-state index contributed by atoms with van der Waals surface area (Å²) in [4.78, 5) is 1.19. The zero-order valence-electron chi connectivity index (χ0n) is 9.52. The molecule has 0 saturated heterocycles. The molecule has 0 aliphatic heterocycles. The van der Waals surface area contributed by atoms with Crippen molar-refractivity contribution in [2.24, 2.45) is 5.73 Å². The first-order valence-electron chi connectivity index (χ1n) is 5.32. The fourth-order valence-corrected chi connectivity index (χ4v) is 3.39. The molecular formula is C13H14BrNOS. The number of methoxy groups -OCH3 is 1. The molecule has 0 aliphatic carbocycles. The summed E-state index contributed by atoms with van der Waals surface area (Å²) in [6.45, 7) is 0. The van der Waals surface area contributed by atoms with Crippen molar-refractivity contribution in [1.29, 1.82) is 0 Å². The summed E-state index contributed by atoms with van der Waals surface area (Å²) in [6.07, 6.45) is 0.816. The first kappa shape index (κ1) is 12.6. The third kappa shape index (κ3) is 3.09. The Balaban J connectivity index is 2.13. The summed E-state index contributed by atoms with van der Waals surface area (Å²) >= 11 is 5.20. The lowest BCUT2D eigenvalue weighted by atomic mass is 10.1. The number of nitrogens with two attached hydrogens (primary N) is 1. The van der Waals surface area contributed by atoms with Crippen LogP contribution in [0.4, 0.5) is 0 Å². The van der Waals surface area contributed by atoms with Crippen LogP contribution in [0.15, 0.2) is 40.2 Å². The standard InChI is InChI=1S/C13H14BrNOS/c1-16-10-4-2-3-9(7-10)8-12(15)13-11(14)5-6-17-13/h2-7,12H,8,15H2,1H3. The van der Waals surface area contributed by atoms with E-state index < -0.39 is 0 Å². The molecule has 90 valence electrons. The highest BCUT2D eigenvalue weighted by atomic mass is 79.9. The number of hydrogen-bond acceptors (Lipinski definition) is 3. The molecular weight excluding hydrogens is 298 g/mol. The number of ether oxygens (including phenoxy) is 1. The molecule has 0 saturated carbocycles. The van der Waals surface area contributed by atoms with E-state index >= 15 is 0 Å². The zero-order chi connectivity index (χ0) is 12.3. The minimum Gasteiger partial charge on any atom is -0.497 e. The molecule has 1 unspecified atom stereocenters. The van der Waals surface area contributed by atoms with E-state index in [1.165, 1.54) is 10.4 Å². The lowest BCUT2D eigenvalue weighted by Crippen LogP contribution is -2.12. The van der Waals surface area contributed by atoms with Crippen molar-refractivity contribution >= 4 is 27.3 Å². The van der Waals surface area contributed by atoms with Crippen molar-refractivity contribution in [1.82, 2.24) is 0 Å². The van der Waals surface area contributed by atoms with Crippen LogP contribution in [0.3, 0.4) is 0 Å². The summed E-state index contributed by atoms with van der Waals surface area (Å²) < 4.78 is 6.30. The molecule has 1 aromatic heterocycles. The van der Waals surface area contributed by atoms with Gasteiger partial charge in [0.2, 0.25) is 0 Å². The highest BCUT2D eigenvalue weighted by Gasteiger charge is 2.12. The Morgan fingerprint density at radius 2 is 2.24 bits per heavy atom. The van der Waals surface area contributed by atoms with E-state index in [1.54, 1.807) is 18.4 Å². The van der Waals surface area contributed by atoms with Crippen LogP contribution in [-0.4, -0.2) is 7.11 Å². The van der Waals surface area contributed by atoms with Crippen molar-refractivity contribution in [2.45, 2.75) is 12.5 Å². The van der Waals surface area contributed by atoms with Gasteiger partial charge in [0.15, 0.2) is 0 Å². The van der Waals surface area contributed by atoms with Gasteiger partial charge in [-0.3, -0.25) is 0 Å². The van der Waals surface area contributed by atoms with Gasteiger partial charge in [-0.15, -0.1) is 11.3 Å². The molecule has 4 heteroatoms. The number of thiophene rings is 1. The highest BCUT2D eigenvalue weighted by molar-refractivity contribution is 9.10. The first-order valence-corrected chi connectivity index (χ1v) is 6.99. The zero-order valence-corrected chi connectivity index (χ0v) is 11.9. The molecule has 0 bridgehead atoms. The van der Waals surface area contributed by atoms with Crippen molar-refractivity contribution in [3.63, 3.8) is 0 Å². The number of halogens is 1. The van der Waals surface area contributed by atoms with E-state index in [1.807, 2.05) is 29.6 Å². The average Bonchev–Trinajstić information content (AvgIpc) is 2.76. The van der Waals surface area contributed by atoms with Gasteiger partial charge in [-0.2, -0.15) is 0 Å². The molecule has 1 atom stereocenters. The molecule has 1 aromatic carbocycles. The molecule has 0 amide bonds. The third-order valence-corrected chi connectivity index (χ3v) is 4.57. The van der Waals surface area contributed by atoms with Gasteiger partial charge in [-0.05, 0) is 51.5 Å². The third-order valence-electron chi connectivity index (χ3n) is 2.57. The molecule has 1 heterocycles. The maximum atomic E-state index is 6.20. The quantitative estimate of drug-likeness (QED) is 0.933. The molecule has 0 fully saturated rings. The summed E-state index contributed by atoms with van der Waals surface area (Å²) in [7, 11) is 1.68. The van der Waals surface area contributed by atoms with Crippen LogP contribution in [0.1, 0.15) is 16.5 Å². The van der Waals surface area contributed by atoms with Gasteiger partial charge in [0, 0.05) is 15.4 Å². The van der Waals surface area contributed by atoms with Gasteiger partial charge in [0.1, 0.15) is 5.75 Å². The number of rotatable bonds is 4. The minimum atomic E-state index is 0.0245. The molecule has 2 N–H and O–H groups in total. The Bertz CT molecular complexity index is 498. The maximum absolute atomic E-state index is 6.20. The molecule has 0 aliphatic rings. The SMILES string of the molecule is COc1cccc(CC(N)c2sccc2Br)c1. The Kier molecular flexibility index (Phi) is 4.20. The fraction of sp³-hybridized carbons (Fsp3) is 0.231. The summed E-state index contributed by atoms with van der Waals surface area (Å²) in [5.41, 5.74) is 7.40. The lowest BCUT2D eigenvalue weighted by Gasteiger charge is -2.11. The Morgan fingerprint density at radius 1 is 1.41 bits per heavy atom. The van der Waals surface area contributed by atoms with Gasteiger partial charge in [0.25, 0.3) is 0 Å². The second-order valence-electron chi connectivity index (χ2n) is 3.79. The number of benzene rings is 1. The van der Waals surface area contributed by atoms with E-state index in [2.05, 4.69) is 22.0 Å². The fourth-order valence-electron chi connectivity index (χ4n) is 1.72. The molecule has 0 radical (unpaired) electrons. The van der Waals surface area contributed by atoms with Crippen LogP contribution < -0.4 is 10.5 Å². The van der Waals surface area contributed by atoms with Gasteiger partial charge in [0.05, 0.1) is 7.11 Å². The van der Waals surface area contributed by atoms with Crippen LogP contribution in [0.25, 0.3) is 0 Å². The van der Waals surface area contributed by atoms with Gasteiger partial charge in [-0.25, -0.2) is 0 Å². The van der Waals surface area contributed by atoms with Gasteiger partial charge >= 0.3 is 0 Å². The van der Waals surface area contributed by atoms with Crippen LogP contribution in [0.2, 0.25) is 0 Å². The second-order valence-corrected chi connectivity index (χ2v) is 5.60. The summed E-state index contributed by atoms with van der Waals surface area (Å²) in [6, 6.07) is 10.1. The van der Waals surface area contributed by atoms with Crippen molar-refractivity contribution in [3.05, 3.63) is 50.6 Å². The first-order chi connectivity index (χ1) is 8.20. The average molecular weight is 312 g/mol. The summed E-state index contributed by atoms with van der Waals surface area (Å²) in [5, 5.41) is 2.05. The second kappa shape index (κ2) is 5.67. The predicted molar refractivity (Wildman–Crippen MR) is 75.6 cm³/mol. The van der Waals surface area contributed by atoms with Gasteiger partial charge < -0.3 is 10.5 Å². The van der Waals surface area contributed by atoms with Crippen molar-refractivity contribution in [2.75, 3.05) is 7.11 Å². The Labute approximate surface area is 114 Å². The minimum absolute atomic E-state index is 0.0245. The van der Waals surface area contributed by atoms with E-state index in [0.29, 0.717) is 0 Å². The van der Waals surface area contributed by atoms with E-state index in [-0.39, 0.29) is 6.04 Å². The Hall–Kier alpha value is -0.840. The Morgan fingerprint density at radius 3 is 2.88 bits per heavy atom. The molecule has 2 nitrogen and oxygen atoms in total. The molecule has 2 rings (SSSR count). The lowest BCUT2D eigenvalue weighted by molar-refractivity contribution is 0.414. The van der Waals surface area contributed by atoms with Crippen molar-refractivity contribution in [3.8, 4) is 5.75 Å². The maximum Gasteiger partial charge on any atom is 0.119 e. The monoisotopic (exact) mass is 311 g/mol. The largest absolute Gasteiger partial charge is 0.497 e. The number of hydrogen-bond donors (Lipinski definition) is 1. The normalized spacial score (nSPS) is 12.4. The van der Waals surface area contributed by atoms with E-state index in [4.69, 9.17) is 10.5 Å². The molecule has 0 spiro atoms. The van der Waals surface area contributed by atoms with Crippen LogP contribution in [-0.2, 0) is 6.42 Å². The van der Waals surface area contributed by atoms with Crippen molar-refractivity contribution < 1.29 is 4.74 Å².